The van der Waals surface area contributed by atoms with E-state index in [0.29, 0.717) is 0 Å². The number of nitriles is 1. The summed E-state index contributed by atoms with van der Waals surface area (Å²) in [7, 11) is 1.67. The second kappa shape index (κ2) is 6.61. The lowest BCUT2D eigenvalue weighted by atomic mass is 9.93. The molecule has 0 saturated heterocycles. The molecule has 2 heteroatoms. The number of ether oxygens (including phenoxy) is 1. The van der Waals surface area contributed by atoms with Gasteiger partial charge in [-0.05, 0) is 36.1 Å². The van der Waals surface area contributed by atoms with E-state index in [1.54, 1.807) is 7.11 Å². The molecule has 0 spiro atoms. The van der Waals surface area contributed by atoms with Crippen LogP contribution in [0.5, 0.6) is 5.75 Å². The lowest BCUT2D eigenvalue weighted by molar-refractivity contribution is 0.414. The Kier molecular flexibility index (Phi) is 4.58. The van der Waals surface area contributed by atoms with Crippen LogP contribution in [0.2, 0.25) is 0 Å². The number of rotatable bonds is 5. The van der Waals surface area contributed by atoms with E-state index >= 15 is 0 Å². The summed E-state index contributed by atoms with van der Waals surface area (Å²) in [6.45, 7) is 0. The first-order valence-corrected chi connectivity index (χ1v) is 6.41. The third kappa shape index (κ3) is 3.59. The van der Waals surface area contributed by atoms with Crippen molar-refractivity contribution in [2.45, 2.75) is 18.8 Å². The van der Waals surface area contributed by atoms with Crippen molar-refractivity contribution in [1.29, 1.82) is 5.26 Å². The molecule has 0 radical (unpaired) electrons. The quantitative estimate of drug-likeness (QED) is 0.806. The van der Waals surface area contributed by atoms with Crippen molar-refractivity contribution in [2.24, 2.45) is 0 Å². The molecule has 0 aliphatic rings. The zero-order chi connectivity index (χ0) is 13.5. The largest absolute Gasteiger partial charge is 0.497 e. The van der Waals surface area contributed by atoms with Gasteiger partial charge in [0.05, 0.1) is 19.1 Å². The maximum Gasteiger partial charge on any atom is 0.119 e. The summed E-state index contributed by atoms with van der Waals surface area (Å²) in [4.78, 5) is 0. The van der Waals surface area contributed by atoms with Crippen LogP contribution in [0.15, 0.2) is 54.6 Å². The zero-order valence-electron chi connectivity index (χ0n) is 11.0. The topological polar surface area (TPSA) is 33.0 Å². The van der Waals surface area contributed by atoms with Crippen LogP contribution in [0.25, 0.3) is 0 Å². The van der Waals surface area contributed by atoms with Crippen LogP contribution in [0, 0.1) is 11.3 Å². The first kappa shape index (κ1) is 13.2. The van der Waals surface area contributed by atoms with E-state index in [1.807, 2.05) is 48.5 Å². The summed E-state index contributed by atoms with van der Waals surface area (Å²) in [5, 5.41) is 9.28. The van der Waals surface area contributed by atoms with Gasteiger partial charge >= 0.3 is 0 Å². The molecule has 2 aromatic carbocycles. The highest BCUT2D eigenvalue weighted by Gasteiger charge is 2.10. The monoisotopic (exact) mass is 251 g/mol. The van der Waals surface area contributed by atoms with Crippen LogP contribution in [0.4, 0.5) is 0 Å². The van der Waals surface area contributed by atoms with Crippen molar-refractivity contribution >= 4 is 0 Å². The van der Waals surface area contributed by atoms with E-state index in [9.17, 15) is 5.26 Å². The highest BCUT2D eigenvalue weighted by molar-refractivity contribution is 5.30. The Balaban J connectivity index is 2.02. The standard InChI is InChI=1S/C17H17NO/c1-19-17-9-5-6-14(12-17)10-11-16(13-18)15-7-3-2-4-8-15/h2-9,12,16H,10-11H2,1H3/t16-/m1/s1. The van der Waals surface area contributed by atoms with Crippen molar-refractivity contribution < 1.29 is 4.74 Å². The normalized spacial score (nSPS) is 11.6. The minimum absolute atomic E-state index is 0.0487. The second-order valence-electron chi connectivity index (χ2n) is 4.48. The van der Waals surface area contributed by atoms with E-state index in [4.69, 9.17) is 4.74 Å². The number of benzene rings is 2. The number of aryl methyl sites for hydroxylation is 1. The Hall–Kier alpha value is -2.27. The van der Waals surface area contributed by atoms with E-state index in [1.165, 1.54) is 5.56 Å². The van der Waals surface area contributed by atoms with Gasteiger partial charge in [0.15, 0.2) is 0 Å². The highest BCUT2D eigenvalue weighted by Crippen LogP contribution is 2.22. The number of nitrogens with zero attached hydrogens (tertiary/aromatic N) is 1. The van der Waals surface area contributed by atoms with E-state index in [0.717, 1.165) is 24.2 Å². The second-order valence-corrected chi connectivity index (χ2v) is 4.48. The van der Waals surface area contributed by atoms with Crippen molar-refractivity contribution in [3.05, 3.63) is 65.7 Å². The molecular weight excluding hydrogens is 234 g/mol. The van der Waals surface area contributed by atoms with Gasteiger partial charge in [0.25, 0.3) is 0 Å². The van der Waals surface area contributed by atoms with E-state index in [-0.39, 0.29) is 5.92 Å². The van der Waals surface area contributed by atoms with Crippen molar-refractivity contribution in [1.82, 2.24) is 0 Å². The molecule has 2 rings (SSSR count). The molecular formula is C17H17NO. The summed E-state index contributed by atoms with van der Waals surface area (Å²) >= 11 is 0. The first-order valence-electron chi connectivity index (χ1n) is 6.41. The maximum atomic E-state index is 9.28. The molecule has 0 bridgehead atoms. The summed E-state index contributed by atoms with van der Waals surface area (Å²) in [6, 6.07) is 20.4. The molecule has 0 amide bonds. The van der Waals surface area contributed by atoms with Gasteiger partial charge in [0, 0.05) is 0 Å². The molecule has 2 nitrogen and oxygen atoms in total. The van der Waals surface area contributed by atoms with Gasteiger partial charge in [-0.25, -0.2) is 0 Å². The Morgan fingerprint density at radius 1 is 1.11 bits per heavy atom. The molecule has 0 aromatic heterocycles. The van der Waals surface area contributed by atoms with Gasteiger partial charge in [-0.1, -0.05) is 42.5 Å². The Bertz CT molecular complexity index is 557. The van der Waals surface area contributed by atoms with Gasteiger partial charge in [0.1, 0.15) is 5.75 Å². The SMILES string of the molecule is COc1cccc(CC[C@H](C#N)c2ccccc2)c1. The molecule has 0 fully saturated rings. The third-order valence-corrected chi connectivity index (χ3v) is 3.21. The molecule has 2 aromatic rings. The number of methoxy groups -OCH3 is 1. The van der Waals surface area contributed by atoms with Gasteiger partial charge in [-0.2, -0.15) is 5.26 Å². The van der Waals surface area contributed by atoms with Gasteiger partial charge < -0.3 is 4.74 Å². The van der Waals surface area contributed by atoms with Crippen LogP contribution in [-0.4, -0.2) is 7.11 Å². The van der Waals surface area contributed by atoms with E-state index in [2.05, 4.69) is 12.1 Å². The van der Waals surface area contributed by atoms with Gasteiger partial charge in [-0.3, -0.25) is 0 Å². The Labute approximate surface area is 114 Å². The average molecular weight is 251 g/mol. The predicted octanol–water partition coefficient (Wildman–Crippen LogP) is 3.94. The first-order chi connectivity index (χ1) is 9.33. The van der Waals surface area contributed by atoms with Crippen LogP contribution < -0.4 is 4.74 Å². The van der Waals surface area contributed by atoms with Crippen LogP contribution in [0.1, 0.15) is 23.5 Å². The molecule has 0 saturated carbocycles. The minimum atomic E-state index is -0.0487. The number of hydrogen-bond acceptors (Lipinski definition) is 2. The summed E-state index contributed by atoms with van der Waals surface area (Å²) in [6.07, 6.45) is 1.71. The van der Waals surface area contributed by atoms with Crippen LogP contribution in [-0.2, 0) is 6.42 Å². The molecule has 0 aliphatic carbocycles. The highest BCUT2D eigenvalue weighted by atomic mass is 16.5. The maximum absolute atomic E-state index is 9.28. The number of hydrogen-bond donors (Lipinski definition) is 0. The molecule has 0 N–H and O–H groups in total. The summed E-state index contributed by atoms with van der Waals surface area (Å²) < 4.78 is 5.21. The third-order valence-electron chi connectivity index (χ3n) is 3.21. The fraction of sp³-hybridized carbons (Fsp3) is 0.235. The van der Waals surface area contributed by atoms with Crippen LogP contribution >= 0.6 is 0 Å². The molecule has 19 heavy (non-hydrogen) atoms. The minimum Gasteiger partial charge on any atom is -0.497 e. The summed E-state index contributed by atoms with van der Waals surface area (Å²) in [5.41, 5.74) is 2.29. The smallest absolute Gasteiger partial charge is 0.119 e. The van der Waals surface area contributed by atoms with Crippen LogP contribution in [0.3, 0.4) is 0 Å². The average Bonchev–Trinajstić information content (AvgIpc) is 2.49. The lowest BCUT2D eigenvalue weighted by Crippen LogP contribution is -1.98. The summed E-state index contributed by atoms with van der Waals surface area (Å²) in [5.74, 6) is 0.818. The molecule has 0 heterocycles. The predicted molar refractivity (Wildman–Crippen MR) is 76.1 cm³/mol. The van der Waals surface area contributed by atoms with Crippen molar-refractivity contribution in [2.75, 3.05) is 7.11 Å². The van der Waals surface area contributed by atoms with Gasteiger partial charge in [0.2, 0.25) is 0 Å². The van der Waals surface area contributed by atoms with Crippen molar-refractivity contribution in [3.63, 3.8) is 0 Å². The Morgan fingerprint density at radius 2 is 1.89 bits per heavy atom. The van der Waals surface area contributed by atoms with E-state index < -0.39 is 0 Å². The molecule has 96 valence electrons. The lowest BCUT2D eigenvalue weighted by Gasteiger charge is -2.10. The Morgan fingerprint density at radius 3 is 2.58 bits per heavy atom. The fourth-order valence-corrected chi connectivity index (χ4v) is 2.13. The molecule has 1 atom stereocenters. The molecule has 0 unspecified atom stereocenters. The fourth-order valence-electron chi connectivity index (χ4n) is 2.13. The molecule has 0 aliphatic heterocycles. The van der Waals surface area contributed by atoms with Crippen molar-refractivity contribution in [3.8, 4) is 11.8 Å². The van der Waals surface area contributed by atoms with Gasteiger partial charge in [-0.15, -0.1) is 0 Å². The zero-order valence-corrected chi connectivity index (χ0v) is 11.0.